The summed E-state index contributed by atoms with van der Waals surface area (Å²) in [6.07, 6.45) is 1.79. The van der Waals surface area contributed by atoms with Gasteiger partial charge in [0.05, 0.1) is 15.6 Å². The SMILES string of the molecule is O=c1/c(=C/c2cc(Cl)cc(Cl)c2)sc2nc3ccccc3n12. The topological polar surface area (TPSA) is 34.4 Å². The van der Waals surface area contributed by atoms with Crippen LogP contribution in [0.4, 0.5) is 0 Å². The van der Waals surface area contributed by atoms with Crippen molar-refractivity contribution in [3.63, 3.8) is 0 Å². The third-order valence-corrected chi connectivity index (χ3v) is 4.73. The van der Waals surface area contributed by atoms with Gasteiger partial charge in [-0.05, 0) is 42.0 Å². The Labute approximate surface area is 139 Å². The lowest BCUT2D eigenvalue weighted by Crippen LogP contribution is -2.22. The third-order valence-electron chi connectivity index (χ3n) is 3.33. The first-order valence-corrected chi connectivity index (χ1v) is 8.07. The molecule has 0 unspecified atom stereocenters. The monoisotopic (exact) mass is 346 g/mol. The maximum absolute atomic E-state index is 12.6. The normalized spacial score (nSPS) is 12.5. The molecule has 0 aliphatic heterocycles. The van der Waals surface area contributed by atoms with Crippen molar-refractivity contribution in [2.24, 2.45) is 0 Å². The zero-order valence-electron chi connectivity index (χ0n) is 11.1. The fourth-order valence-electron chi connectivity index (χ4n) is 2.42. The molecule has 0 radical (unpaired) electrons. The van der Waals surface area contributed by atoms with Gasteiger partial charge in [0, 0.05) is 10.0 Å². The van der Waals surface area contributed by atoms with E-state index < -0.39 is 0 Å². The molecule has 2 aromatic carbocycles. The minimum Gasteiger partial charge on any atom is -0.267 e. The van der Waals surface area contributed by atoms with Gasteiger partial charge in [0.25, 0.3) is 5.56 Å². The highest BCUT2D eigenvalue weighted by Crippen LogP contribution is 2.20. The van der Waals surface area contributed by atoms with Crippen LogP contribution in [0.3, 0.4) is 0 Å². The quantitative estimate of drug-likeness (QED) is 0.525. The number of para-hydroxylation sites is 2. The van der Waals surface area contributed by atoms with E-state index >= 15 is 0 Å². The van der Waals surface area contributed by atoms with Crippen LogP contribution in [0.5, 0.6) is 0 Å². The van der Waals surface area contributed by atoms with Crippen LogP contribution in [0.2, 0.25) is 10.0 Å². The molecule has 0 bridgehead atoms. The second-order valence-corrected chi connectivity index (χ2v) is 6.72. The Balaban J connectivity index is 2.01. The molecule has 0 saturated heterocycles. The lowest BCUT2D eigenvalue weighted by atomic mass is 10.2. The fourth-order valence-corrected chi connectivity index (χ4v) is 3.95. The van der Waals surface area contributed by atoms with E-state index in [-0.39, 0.29) is 5.56 Å². The number of benzene rings is 2. The molecule has 22 heavy (non-hydrogen) atoms. The molecule has 0 spiro atoms. The molecule has 0 saturated carbocycles. The van der Waals surface area contributed by atoms with Gasteiger partial charge in [-0.1, -0.05) is 46.7 Å². The van der Waals surface area contributed by atoms with E-state index in [9.17, 15) is 4.79 Å². The minimum absolute atomic E-state index is 0.0789. The molecule has 6 heteroatoms. The van der Waals surface area contributed by atoms with Gasteiger partial charge in [-0.2, -0.15) is 0 Å². The largest absolute Gasteiger partial charge is 0.274 e. The Hall–Kier alpha value is -1.88. The van der Waals surface area contributed by atoms with Crippen LogP contribution < -0.4 is 10.1 Å². The maximum Gasteiger partial charge on any atom is 0.274 e. The Bertz CT molecular complexity index is 1110. The molecule has 0 atom stereocenters. The number of aromatic nitrogens is 2. The molecular formula is C16H8Cl2N2OS. The van der Waals surface area contributed by atoms with Gasteiger partial charge in [0.2, 0.25) is 0 Å². The summed E-state index contributed by atoms with van der Waals surface area (Å²) in [7, 11) is 0. The molecule has 0 aliphatic carbocycles. The number of imidazole rings is 1. The summed E-state index contributed by atoms with van der Waals surface area (Å²) >= 11 is 13.3. The van der Waals surface area contributed by atoms with Gasteiger partial charge in [-0.25, -0.2) is 9.38 Å². The van der Waals surface area contributed by atoms with Crippen LogP contribution in [0.15, 0.2) is 47.3 Å². The number of rotatable bonds is 1. The molecule has 2 heterocycles. The first-order valence-electron chi connectivity index (χ1n) is 6.50. The molecule has 0 aliphatic rings. The van der Waals surface area contributed by atoms with Gasteiger partial charge in [0.1, 0.15) is 0 Å². The van der Waals surface area contributed by atoms with Gasteiger partial charge in [0.15, 0.2) is 4.96 Å². The molecule has 3 nitrogen and oxygen atoms in total. The van der Waals surface area contributed by atoms with Crippen molar-refractivity contribution in [3.8, 4) is 0 Å². The van der Waals surface area contributed by atoms with E-state index in [1.807, 2.05) is 24.3 Å². The van der Waals surface area contributed by atoms with Crippen LogP contribution in [0.1, 0.15) is 5.56 Å². The standard InChI is InChI=1S/C16H8Cl2N2OS/c17-10-5-9(6-11(18)8-10)7-14-15(21)20-13-4-2-1-3-12(13)19-16(20)22-14/h1-8H/b14-7-. The Morgan fingerprint density at radius 1 is 1.09 bits per heavy atom. The summed E-state index contributed by atoms with van der Waals surface area (Å²) in [6.45, 7) is 0. The van der Waals surface area contributed by atoms with E-state index in [4.69, 9.17) is 23.2 Å². The average molecular weight is 347 g/mol. The van der Waals surface area contributed by atoms with Crippen molar-refractivity contribution in [2.75, 3.05) is 0 Å². The Kier molecular flexibility index (Phi) is 3.18. The van der Waals surface area contributed by atoms with Crippen molar-refractivity contribution in [1.82, 2.24) is 9.38 Å². The van der Waals surface area contributed by atoms with Crippen molar-refractivity contribution in [3.05, 3.63) is 73.0 Å². The number of hydrogen-bond donors (Lipinski definition) is 0. The zero-order valence-corrected chi connectivity index (χ0v) is 13.4. The van der Waals surface area contributed by atoms with E-state index in [0.717, 1.165) is 16.6 Å². The summed E-state index contributed by atoms with van der Waals surface area (Å²) in [6, 6.07) is 12.8. The number of halogens is 2. The van der Waals surface area contributed by atoms with E-state index in [2.05, 4.69) is 4.98 Å². The van der Waals surface area contributed by atoms with E-state index in [1.54, 1.807) is 28.7 Å². The molecule has 0 amide bonds. The second-order valence-electron chi connectivity index (χ2n) is 4.84. The molecule has 0 fully saturated rings. The first kappa shape index (κ1) is 13.8. The smallest absolute Gasteiger partial charge is 0.267 e. The highest BCUT2D eigenvalue weighted by atomic mass is 35.5. The van der Waals surface area contributed by atoms with Crippen molar-refractivity contribution >= 4 is 56.6 Å². The van der Waals surface area contributed by atoms with Gasteiger partial charge >= 0.3 is 0 Å². The van der Waals surface area contributed by atoms with Gasteiger partial charge < -0.3 is 0 Å². The summed E-state index contributed by atoms with van der Waals surface area (Å²) in [5, 5.41) is 1.08. The van der Waals surface area contributed by atoms with Crippen LogP contribution >= 0.6 is 34.5 Å². The molecule has 0 N–H and O–H groups in total. The summed E-state index contributed by atoms with van der Waals surface area (Å²) in [5.74, 6) is 0. The second kappa shape index (κ2) is 5.09. The van der Waals surface area contributed by atoms with E-state index in [0.29, 0.717) is 19.5 Å². The lowest BCUT2D eigenvalue weighted by molar-refractivity contribution is 1.19. The van der Waals surface area contributed by atoms with Crippen molar-refractivity contribution in [1.29, 1.82) is 0 Å². The summed E-state index contributed by atoms with van der Waals surface area (Å²) in [4.78, 5) is 17.8. The highest BCUT2D eigenvalue weighted by molar-refractivity contribution is 7.15. The van der Waals surface area contributed by atoms with Crippen LogP contribution in [0, 0.1) is 0 Å². The summed E-state index contributed by atoms with van der Waals surface area (Å²) in [5.41, 5.74) is 2.36. The number of fused-ring (bicyclic) bond motifs is 3. The number of nitrogens with zero attached hydrogens (tertiary/aromatic N) is 2. The van der Waals surface area contributed by atoms with Crippen LogP contribution in [-0.4, -0.2) is 9.38 Å². The first-order chi connectivity index (χ1) is 10.6. The molecular weight excluding hydrogens is 339 g/mol. The molecule has 2 aromatic heterocycles. The van der Waals surface area contributed by atoms with Gasteiger partial charge in [-0.3, -0.25) is 4.79 Å². The predicted octanol–water partition coefficient (Wildman–Crippen LogP) is 3.76. The average Bonchev–Trinajstić information content (AvgIpc) is 2.95. The van der Waals surface area contributed by atoms with Crippen LogP contribution in [0.25, 0.3) is 22.1 Å². The fraction of sp³-hybridized carbons (Fsp3) is 0. The number of thiazole rings is 1. The van der Waals surface area contributed by atoms with Crippen molar-refractivity contribution in [2.45, 2.75) is 0 Å². The lowest BCUT2D eigenvalue weighted by Gasteiger charge is -1.95. The predicted molar refractivity (Wildman–Crippen MR) is 92.1 cm³/mol. The summed E-state index contributed by atoms with van der Waals surface area (Å²) < 4.78 is 2.24. The van der Waals surface area contributed by atoms with Crippen LogP contribution in [-0.2, 0) is 0 Å². The van der Waals surface area contributed by atoms with Crippen molar-refractivity contribution < 1.29 is 0 Å². The zero-order chi connectivity index (χ0) is 15.3. The highest BCUT2D eigenvalue weighted by Gasteiger charge is 2.10. The third kappa shape index (κ3) is 2.20. The molecule has 108 valence electrons. The van der Waals surface area contributed by atoms with E-state index in [1.165, 1.54) is 11.3 Å². The number of hydrogen-bond acceptors (Lipinski definition) is 3. The molecule has 4 rings (SSSR count). The molecule has 4 aromatic rings. The Morgan fingerprint density at radius 2 is 1.82 bits per heavy atom. The maximum atomic E-state index is 12.6. The van der Waals surface area contributed by atoms with Gasteiger partial charge in [-0.15, -0.1) is 0 Å². The Morgan fingerprint density at radius 3 is 2.59 bits per heavy atom. The minimum atomic E-state index is -0.0789.